The van der Waals surface area contributed by atoms with E-state index in [0.717, 1.165) is 13.0 Å². The number of carbonyl (C=O) groups is 1. The van der Waals surface area contributed by atoms with E-state index >= 15 is 0 Å². The van der Waals surface area contributed by atoms with Crippen LogP contribution in [0, 0.1) is 0 Å². The van der Waals surface area contributed by atoms with Gasteiger partial charge in [0.05, 0.1) is 0 Å². The monoisotopic (exact) mass is 181 g/mol. The van der Waals surface area contributed by atoms with Gasteiger partial charge in [-0.15, -0.1) is 0 Å². The van der Waals surface area contributed by atoms with Crippen molar-refractivity contribution in [1.82, 2.24) is 9.99 Å². The molecular formula is C9H15N3O. The topological polar surface area (TPSA) is 46.1 Å². The maximum absolute atomic E-state index is 11.1. The third-order valence-corrected chi connectivity index (χ3v) is 1.60. The van der Waals surface area contributed by atoms with Gasteiger partial charge in [0.25, 0.3) is 0 Å². The molecule has 0 aliphatic heterocycles. The van der Waals surface area contributed by atoms with Crippen LogP contribution in [0.3, 0.4) is 0 Å². The number of amides is 1. The summed E-state index contributed by atoms with van der Waals surface area (Å²) in [4.78, 5) is 11.1. The molecule has 0 saturated heterocycles. The van der Waals surface area contributed by atoms with E-state index in [1.54, 1.807) is 4.68 Å². The number of aromatic nitrogens is 1. The lowest BCUT2D eigenvalue weighted by molar-refractivity contribution is -0.119. The Labute approximate surface area is 77.9 Å². The van der Waals surface area contributed by atoms with Crippen molar-refractivity contribution in [3.8, 4) is 0 Å². The van der Waals surface area contributed by atoms with Gasteiger partial charge in [-0.3, -0.25) is 9.47 Å². The smallest absolute Gasteiger partial charge is 0.240 e. The second-order valence-electron chi connectivity index (χ2n) is 2.78. The number of hydrogen-bond acceptors (Lipinski definition) is 2. The molecule has 4 heteroatoms. The molecule has 0 radical (unpaired) electrons. The zero-order valence-corrected chi connectivity index (χ0v) is 7.79. The average molecular weight is 181 g/mol. The van der Waals surface area contributed by atoms with Gasteiger partial charge in [0.2, 0.25) is 5.91 Å². The molecule has 1 aromatic heterocycles. The minimum Gasteiger partial charge on any atom is -0.355 e. The highest BCUT2D eigenvalue weighted by atomic mass is 16.2. The predicted octanol–water partition coefficient (Wildman–Crippen LogP) is 0.558. The summed E-state index contributed by atoms with van der Waals surface area (Å²) in [6.07, 6.45) is 4.68. The highest BCUT2D eigenvalue weighted by molar-refractivity contribution is 5.79. The molecule has 0 fully saturated rings. The van der Waals surface area contributed by atoms with E-state index in [2.05, 4.69) is 10.7 Å². The van der Waals surface area contributed by atoms with Gasteiger partial charge in [-0.25, -0.2) is 0 Å². The van der Waals surface area contributed by atoms with E-state index < -0.39 is 0 Å². The first kappa shape index (κ1) is 9.64. The Balaban J connectivity index is 2.15. The Bertz CT molecular complexity index is 243. The van der Waals surface area contributed by atoms with Gasteiger partial charge in [-0.1, -0.05) is 6.92 Å². The standard InChI is InChI=1S/C9H15N3O/c1-2-5-10-9(13)8-11-12-6-3-4-7-12/h3-4,6-7,11H,2,5,8H2,1H3,(H,10,13). The molecule has 1 aromatic rings. The van der Waals surface area contributed by atoms with Crippen LogP contribution in [0.5, 0.6) is 0 Å². The molecular weight excluding hydrogens is 166 g/mol. The van der Waals surface area contributed by atoms with Crippen molar-refractivity contribution in [3.63, 3.8) is 0 Å². The van der Waals surface area contributed by atoms with Crippen molar-refractivity contribution < 1.29 is 4.79 Å². The number of hydrogen-bond donors (Lipinski definition) is 2. The molecule has 0 bridgehead atoms. The molecule has 0 unspecified atom stereocenters. The van der Waals surface area contributed by atoms with Crippen LogP contribution in [-0.2, 0) is 4.79 Å². The first-order valence-electron chi connectivity index (χ1n) is 4.46. The predicted molar refractivity (Wildman–Crippen MR) is 52.0 cm³/mol. The van der Waals surface area contributed by atoms with Crippen LogP contribution >= 0.6 is 0 Å². The largest absolute Gasteiger partial charge is 0.355 e. The van der Waals surface area contributed by atoms with E-state index in [9.17, 15) is 4.79 Å². The highest BCUT2D eigenvalue weighted by Gasteiger charge is 1.97. The van der Waals surface area contributed by atoms with Gasteiger partial charge in [0.1, 0.15) is 6.54 Å². The van der Waals surface area contributed by atoms with Crippen molar-refractivity contribution in [2.24, 2.45) is 0 Å². The molecule has 0 spiro atoms. The number of rotatable bonds is 5. The molecule has 4 nitrogen and oxygen atoms in total. The summed E-state index contributed by atoms with van der Waals surface area (Å²) in [7, 11) is 0. The van der Waals surface area contributed by atoms with Crippen LogP contribution in [0.2, 0.25) is 0 Å². The fourth-order valence-electron chi connectivity index (χ4n) is 0.930. The van der Waals surface area contributed by atoms with Gasteiger partial charge in [-0.2, -0.15) is 0 Å². The Morgan fingerprint density at radius 2 is 2.08 bits per heavy atom. The van der Waals surface area contributed by atoms with Crippen LogP contribution in [-0.4, -0.2) is 23.7 Å². The summed E-state index contributed by atoms with van der Waals surface area (Å²) in [6.45, 7) is 3.08. The molecule has 0 aliphatic rings. The highest BCUT2D eigenvalue weighted by Crippen LogP contribution is 1.83. The Morgan fingerprint density at radius 3 is 2.69 bits per heavy atom. The maximum Gasteiger partial charge on any atom is 0.240 e. The summed E-state index contributed by atoms with van der Waals surface area (Å²) >= 11 is 0. The molecule has 0 atom stereocenters. The SMILES string of the molecule is CCCNC(=O)CNn1cccc1. The number of nitrogens with zero attached hydrogens (tertiary/aromatic N) is 1. The van der Waals surface area contributed by atoms with E-state index in [1.165, 1.54) is 0 Å². The summed E-state index contributed by atoms with van der Waals surface area (Å²) in [5.74, 6) is 0.0237. The number of nitrogens with one attached hydrogen (secondary N) is 2. The maximum atomic E-state index is 11.1. The molecule has 2 N–H and O–H groups in total. The van der Waals surface area contributed by atoms with Gasteiger partial charge in [-0.05, 0) is 18.6 Å². The van der Waals surface area contributed by atoms with E-state index in [1.807, 2.05) is 31.5 Å². The third kappa shape index (κ3) is 3.64. The molecule has 0 aliphatic carbocycles. The van der Waals surface area contributed by atoms with Crippen molar-refractivity contribution >= 4 is 5.91 Å². The molecule has 1 amide bonds. The minimum atomic E-state index is 0.0237. The van der Waals surface area contributed by atoms with Crippen molar-refractivity contribution in [2.75, 3.05) is 18.5 Å². The summed E-state index contributed by atoms with van der Waals surface area (Å²) in [6, 6.07) is 3.80. The minimum absolute atomic E-state index is 0.0237. The molecule has 0 saturated carbocycles. The van der Waals surface area contributed by atoms with Gasteiger partial charge < -0.3 is 10.7 Å². The van der Waals surface area contributed by atoms with Gasteiger partial charge in [0.15, 0.2) is 0 Å². The third-order valence-electron chi connectivity index (χ3n) is 1.60. The summed E-state index contributed by atoms with van der Waals surface area (Å²) < 4.78 is 1.76. The van der Waals surface area contributed by atoms with E-state index in [0.29, 0.717) is 6.54 Å². The van der Waals surface area contributed by atoms with Crippen LogP contribution < -0.4 is 10.7 Å². The zero-order valence-electron chi connectivity index (χ0n) is 7.79. The zero-order chi connectivity index (χ0) is 9.52. The van der Waals surface area contributed by atoms with Crippen molar-refractivity contribution in [2.45, 2.75) is 13.3 Å². The number of carbonyl (C=O) groups excluding carboxylic acids is 1. The van der Waals surface area contributed by atoms with Crippen molar-refractivity contribution in [1.29, 1.82) is 0 Å². The molecule has 72 valence electrons. The van der Waals surface area contributed by atoms with E-state index in [-0.39, 0.29) is 5.91 Å². The Kier molecular flexibility index (Phi) is 3.88. The first-order chi connectivity index (χ1) is 6.33. The molecule has 13 heavy (non-hydrogen) atoms. The lowest BCUT2D eigenvalue weighted by atomic mass is 10.4. The second-order valence-corrected chi connectivity index (χ2v) is 2.78. The van der Waals surface area contributed by atoms with Crippen LogP contribution in [0.25, 0.3) is 0 Å². The lowest BCUT2D eigenvalue weighted by Crippen LogP contribution is -2.32. The van der Waals surface area contributed by atoms with E-state index in [4.69, 9.17) is 0 Å². The average Bonchev–Trinajstić information content (AvgIpc) is 2.64. The molecule has 0 aromatic carbocycles. The quantitative estimate of drug-likeness (QED) is 0.697. The normalized spacial score (nSPS) is 9.62. The summed E-state index contributed by atoms with van der Waals surface area (Å²) in [5.41, 5.74) is 2.94. The Hall–Kier alpha value is -1.45. The van der Waals surface area contributed by atoms with Crippen molar-refractivity contribution in [3.05, 3.63) is 24.5 Å². The first-order valence-corrected chi connectivity index (χ1v) is 4.46. The summed E-state index contributed by atoms with van der Waals surface area (Å²) in [5, 5.41) is 2.78. The molecule has 1 heterocycles. The fraction of sp³-hybridized carbons (Fsp3) is 0.444. The van der Waals surface area contributed by atoms with Gasteiger partial charge in [0, 0.05) is 18.9 Å². The van der Waals surface area contributed by atoms with Crippen LogP contribution in [0.15, 0.2) is 24.5 Å². The lowest BCUT2D eigenvalue weighted by Gasteiger charge is -2.07. The van der Waals surface area contributed by atoms with Crippen LogP contribution in [0.1, 0.15) is 13.3 Å². The molecule has 1 rings (SSSR count). The van der Waals surface area contributed by atoms with Gasteiger partial charge >= 0.3 is 0 Å². The Morgan fingerprint density at radius 1 is 1.38 bits per heavy atom. The fourth-order valence-corrected chi connectivity index (χ4v) is 0.930. The second kappa shape index (κ2) is 5.24. The van der Waals surface area contributed by atoms with Crippen LogP contribution in [0.4, 0.5) is 0 Å².